The second-order valence-corrected chi connectivity index (χ2v) is 10.1. The Morgan fingerprint density at radius 3 is 2.42 bits per heavy atom. The van der Waals surface area contributed by atoms with Crippen LogP contribution in [-0.4, -0.2) is 63.7 Å². The molecule has 0 unspecified atom stereocenters. The number of fused-ring (bicyclic) bond motifs is 2. The number of rotatable bonds is 14. The minimum atomic E-state index is -0.666. The van der Waals surface area contributed by atoms with E-state index in [0.29, 0.717) is 25.7 Å². The summed E-state index contributed by atoms with van der Waals surface area (Å²) in [5, 5.41) is 17.8. The number of methoxy groups -OCH3 is 2. The molecule has 1 fully saturated rings. The molecule has 3 atom stereocenters. The van der Waals surface area contributed by atoms with Gasteiger partial charge in [-0.05, 0) is 75.6 Å². The topological polar surface area (TPSA) is 79.8 Å². The Morgan fingerprint density at radius 1 is 1.09 bits per heavy atom. The highest BCUT2D eigenvalue weighted by atomic mass is 16.5. The number of carbonyl (C=O) groups excluding carboxylic acids is 1. The Balaban J connectivity index is 1.33. The molecule has 3 aliphatic carbocycles. The van der Waals surface area contributed by atoms with Gasteiger partial charge in [-0.25, -0.2) is 0 Å². The Morgan fingerprint density at radius 2 is 1.79 bits per heavy atom. The summed E-state index contributed by atoms with van der Waals surface area (Å²) in [6.07, 6.45) is 8.17. The second kappa shape index (κ2) is 12.1. The van der Waals surface area contributed by atoms with Crippen LogP contribution in [0.5, 0.6) is 0 Å². The average Bonchev–Trinajstić information content (AvgIpc) is 2.81. The van der Waals surface area contributed by atoms with Crippen LogP contribution >= 0.6 is 0 Å². The second-order valence-electron chi connectivity index (χ2n) is 10.1. The Labute approximate surface area is 199 Å². The van der Waals surface area contributed by atoms with Crippen LogP contribution in [0, 0.1) is 17.3 Å². The molecular formula is C27H42N2O4. The maximum absolute atomic E-state index is 12.4. The van der Waals surface area contributed by atoms with Gasteiger partial charge in [0, 0.05) is 26.7 Å². The molecule has 6 nitrogen and oxygen atoms in total. The molecule has 0 spiro atoms. The first-order valence-electron chi connectivity index (χ1n) is 12.4. The number of ether oxygens (including phenoxy) is 2. The predicted molar refractivity (Wildman–Crippen MR) is 132 cm³/mol. The smallest absolute Gasteiger partial charge is 0.230 e. The van der Waals surface area contributed by atoms with E-state index in [4.69, 9.17) is 9.47 Å². The molecule has 33 heavy (non-hydrogen) atoms. The van der Waals surface area contributed by atoms with Crippen LogP contribution in [0.1, 0.15) is 51.0 Å². The van der Waals surface area contributed by atoms with Gasteiger partial charge in [0.1, 0.15) is 0 Å². The minimum absolute atomic E-state index is 0.0382. The summed E-state index contributed by atoms with van der Waals surface area (Å²) in [6, 6.07) is 10.6. The monoisotopic (exact) mass is 458 g/mol. The van der Waals surface area contributed by atoms with Crippen molar-refractivity contribution in [1.82, 2.24) is 10.6 Å². The first kappa shape index (κ1) is 25.9. The molecule has 1 amide bonds. The van der Waals surface area contributed by atoms with Crippen molar-refractivity contribution in [3.05, 3.63) is 42.0 Å². The van der Waals surface area contributed by atoms with E-state index >= 15 is 0 Å². The van der Waals surface area contributed by atoms with Crippen LogP contribution in [0.15, 0.2) is 36.4 Å². The molecule has 0 aliphatic heterocycles. The molecule has 3 N–H and O–H groups in total. The van der Waals surface area contributed by atoms with Gasteiger partial charge in [0.2, 0.25) is 5.91 Å². The van der Waals surface area contributed by atoms with E-state index in [1.165, 1.54) is 17.6 Å². The van der Waals surface area contributed by atoms with Gasteiger partial charge in [-0.3, -0.25) is 4.79 Å². The molecule has 1 aromatic carbocycles. The summed E-state index contributed by atoms with van der Waals surface area (Å²) in [5.74, 6) is 0.700. The van der Waals surface area contributed by atoms with Crippen LogP contribution in [-0.2, 0) is 14.3 Å². The number of allylic oxidation sites excluding steroid dienone is 1. The van der Waals surface area contributed by atoms with Crippen molar-refractivity contribution in [2.75, 3.05) is 47.1 Å². The number of hydrogen-bond donors (Lipinski definition) is 3. The average molecular weight is 459 g/mol. The van der Waals surface area contributed by atoms with Crippen molar-refractivity contribution in [2.24, 2.45) is 17.3 Å². The van der Waals surface area contributed by atoms with Crippen LogP contribution in [0.2, 0.25) is 0 Å². The third-order valence-electron chi connectivity index (χ3n) is 7.30. The van der Waals surface area contributed by atoms with Gasteiger partial charge in [-0.15, -0.1) is 0 Å². The summed E-state index contributed by atoms with van der Waals surface area (Å²) >= 11 is 0. The van der Waals surface area contributed by atoms with Crippen molar-refractivity contribution >= 4 is 11.5 Å². The van der Waals surface area contributed by atoms with Crippen molar-refractivity contribution in [3.63, 3.8) is 0 Å². The molecule has 3 aliphatic rings. The lowest BCUT2D eigenvalue weighted by molar-refractivity contribution is -0.136. The number of nitrogens with one attached hydrogen (secondary N) is 2. The summed E-state index contributed by atoms with van der Waals surface area (Å²) in [6.45, 7) is 4.86. The van der Waals surface area contributed by atoms with Gasteiger partial charge in [-0.1, -0.05) is 36.4 Å². The lowest BCUT2D eigenvalue weighted by Gasteiger charge is -2.48. The molecular weight excluding hydrogens is 416 g/mol. The molecule has 2 bridgehead atoms. The maximum Gasteiger partial charge on any atom is 0.230 e. The molecule has 0 radical (unpaired) electrons. The van der Waals surface area contributed by atoms with Crippen LogP contribution < -0.4 is 10.6 Å². The molecule has 184 valence electrons. The summed E-state index contributed by atoms with van der Waals surface area (Å²) in [7, 11) is 3.19. The largest absolute Gasteiger partial charge is 0.389 e. The van der Waals surface area contributed by atoms with Gasteiger partial charge in [0.05, 0.1) is 24.2 Å². The van der Waals surface area contributed by atoms with E-state index in [9.17, 15) is 9.90 Å². The highest BCUT2D eigenvalue weighted by Crippen LogP contribution is 2.51. The molecule has 1 saturated carbocycles. The van der Waals surface area contributed by atoms with Gasteiger partial charge < -0.3 is 25.2 Å². The van der Waals surface area contributed by atoms with Gasteiger partial charge in [0.15, 0.2) is 0 Å². The van der Waals surface area contributed by atoms with Crippen molar-refractivity contribution < 1.29 is 19.4 Å². The first-order chi connectivity index (χ1) is 15.9. The molecule has 4 rings (SSSR count). The van der Waals surface area contributed by atoms with E-state index in [1.807, 2.05) is 6.92 Å². The third-order valence-corrected chi connectivity index (χ3v) is 7.30. The van der Waals surface area contributed by atoms with Gasteiger partial charge in [-0.2, -0.15) is 0 Å². The zero-order chi connectivity index (χ0) is 23.7. The Kier molecular flexibility index (Phi) is 9.50. The fourth-order valence-electron chi connectivity index (χ4n) is 5.52. The van der Waals surface area contributed by atoms with E-state index in [0.717, 1.165) is 45.2 Å². The lowest BCUT2D eigenvalue weighted by Crippen LogP contribution is -2.46. The highest BCUT2D eigenvalue weighted by molar-refractivity contribution is 5.82. The standard InChI is InChI=1S/C27H42N2O4/c1-26(19-32-2,20-33-3)25(30)29-16-8-15-28-14-7-13-27(31)18-22-11-12-23(27)17-24(22)21-9-5-4-6-10-21/h4-6,9-10,17,22-23,28,31H,7-8,11-16,18-20H2,1-3H3,(H,29,30)/t22-,23-,27-/m1/s1. The summed E-state index contributed by atoms with van der Waals surface area (Å²) in [5.41, 5.74) is 1.52. The quantitative estimate of drug-likeness (QED) is 0.372. The van der Waals surface area contributed by atoms with E-state index in [2.05, 4.69) is 47.0 Å². The number of amides is 1. The van der Waals surface area contributed by atoms with Crippen LogP contribution in [0.3, 0.4) is 0 Å². The molecule has 6 heteroatoms. The Hall–Kier alpha value is -1.73. The number of carbonyl (C=O) groups is 1. The van der Waals surface area contributed by atoms with Crippen molar-refractivity contribution in [1.29, 1.82) is 0 Å². The number of benzene rings is 1. The van der Waals surface area contributed by atoms with E-state index in [-0.39, 0.29) is 11.8 Å². The molecule has 1 aromatic rings. The molecule has 0 saturated heterocycles. The fraction of sp³-hybridized carbons (Fsp3) is 0.667. The normalized spacial score (nSPS) is 24.5. The SMILES string of the molecule is COCC(C)(COC)C(=O)NCCCNCCC[C@@]1(O)C[C@H]2CC[C@@H]1C=C2c1ccccc1. The highest BCUT2D eigenvalue weighted by Gasteiger charge is 2.45. The molecule has 0 heterocycles. The first-order valence-corrected chi connectivity index (χ1v) is 12.4. The van der Waals surface area contributed by atoms with Crippen molar-refractivity contribution in [2.45, 2.75) is 51.0 Å². The Bertz CT molecular complexity index is 776. The van der Waals surface area contributed by atoms with Gasteiger partial charge >= 0.3 is 0 Å². The summed E-state index contributed by atoms with van der Waals surface area (Å²) < 4.78 is 10.4. The third kappa shape index (κ3) is 6.66. The molecule has 0 aromatic heterocycles. The zero-order valence-corrected chi connectivity index (χ0v) is 20.6. The van der Waals surface area contributed by atoms with E-state index in [1.54, 1.807) is 14.2 Å². The number of hydrogen-bond acceptors (Lipinski definition) is 5. The maximum atomic E-state index is 12.4. The zero-order valence-electron chi connectivity index (χ0n) is 20.6. The summed E-state index contributed by atoms with van der Waals surface area (Å²) in [4.78, 5) is 12.4. The predicted octanol–water partition coefficient (Wildman–Crippen LogP) is 3.41. The fourth-order valence-corrected chi connectivity index (χ4v) is 5.52. The van der Waals surface area contributed by atoms with Gasteiger partial charge in [0.25, 0.3) is 0 Å². The minimum Gasteiger partial charge on any atom is -0.389 e. The van der Waals surface area contributed by atoms with Crippen LogP contribution in [0.4, 0.5) is 0 Å². The van der Waals surface area contributed by atoms with E-state index < -0.39 is 11.0 Å². The van der Waals surface area contributed by atoms with Crippen molar-refractivity contribution in [3.8, 4) is 0 Å². The van der Waals surface area contributed by atoms with Crippen LogP contribution in [0.25, 0.3) is 5.57 Å². The lowest BCUT2D eigenvalue weighted by atomic mass is 9.61. The number of aliphatic hydroxyl groups is 1.